The van der Waals surface area contributed by atoms with Gasteiger partial charge in [0.2, 0.25) is 5.91 Å². The number of aryl methyl sites for hydroxylation is 1. The lowest BCUT2D eigenvalue weighted by molar-refractivity contribution is 0.0999. The summed E-state index contributed by atoms with van der Waals surface area (Å²) in [5.74, 6) is 0.261. The molecule has 0 unspecified atom stereocenters. The van der Waals surface area contributed by atoms with Crippen molar-refractivity contribution in [2.24, 2.45) is 5.73 Å². The number of nitrogens with zero attached hydrogens (tertiary/aromatic N) is 1. The summed E-state index contributed by atoms with van der Waals surface area (Å²) in [5.41, 5.74) is 6.68. The number of rotatable bonds is 5. The van der Waals surface area contributed by atoms with Crippen LogP contribution in [0.2, 0.25) is 0 Å². The van der Waals surface area contributed by atoms with Gasteiger partial charge in [-0.1, -0.05) is 0 Å². The van der Waals surface area contributed by atoms with Crippen LogP contribution in [0.25, 0.3) is 0 Å². The number of nitrogens with two attached hydrogens (primary N) is 1. The predicted molar refractivity (Wildman–Crippen MR) is 63.7 cm³/mol. The fourth-order valence-electron chi connectivity index (χ4n) is 1.32. The molecule has 0 saturated carbocycles. The first kappa shape index (κ1) is 12.5. The summed E-state index contributed by atoms with van der Waals surface area (Å²) in [6.07, 6.45) is 0. The number of hydrogen-bond donors (Lipinski definition) is 1. The monoisotopic (exact) mass is 222 g/mol. The molecule has 0 aliphatic rings. The first-order valence-corrected chi connectivity index (χ1v) is 5.18. The van der Waals surface area contributed by atoms with Gasteiger partial charge in [0.25, 0.3) is 0 Å². The van der Waals surface area contributed by atoms with Crippen molar-refractivity contribution >= 4 is 5.91 Å². The number of benzene rings is 1. The summed E-state index contributed by atoms with van der Waals surface area (Å²) >= 11 is 0. The van der Waals surface area contributed by atoms with E-state index in [9.17, 15) is 4.79 Å². The molecule has 1 amide bonds. The van der Waals surface area contributed by atoms with Crippen LogP contribution in [0.15, 0.2) is 18.2 Å². The predicted octanol–water partition coefficient (Wildman–Crippen LogP) is 1.03. The van der Waals surface area contributed by atoms with Crippen LogP contribution < -0.4 is 10.5 Å². The van der Waals surface area contributed by atoms with Gasteiger partial charge in [-0.25, -0.2) is 0 Å². The molecule has 0 heterocycles. The second-order valence-electron chi connectivity index (χ2n) is 4.05. The summed E-state index contributed by atoms with van der Waals surface area (Å²) in [6, 6.07) is 5.31. The van der Waals surface area contributed by atoms with Crippen molar-refractivity contribution in [1.29, 1.82) is 0 Å². The van der Waals surface area contributed by atoms with Crippen LogP contribution >= 0.6 is 0 Å². The number of primary amides is 1. The van der Waals surface area contributed by atoms with Gasteiger partial charge in [0.05, 0.1) is 0 Å². The zero-order chi connectivity index (χ0) is 12.1. The average Bonchev–Trinajstić information content (AvgIpc) is 2.16. The van der Waals surface area contributed by atoms with E-state index in [0.717, 1.165) is 12.1 Å². The van der Waals surface area contributed by atoms with Gasteiger partial charge in [0, 0.05) is 12.1 Å². The van der Waals surface area contributed by atoms with E-state index in [4.69, 9.17) is 10.5 Å². The summed E-state index contributed by atoms with van der Waals surface area (Å²) in [6.45, 7) is 3.33. The standard InChI is InChI=1S/C12H18N2O2/c1-9-6-10(12(13)15)8-11(7-9)16-5-4-14(2)3/h6-8H,4-5H2,1-3H3,(H2,13,15). The fourth-order valence-corrected chi connectivity index (χ4v) is 1.32. The zero-order valence-corrected chi connectivity index (χ0v) is 9.99. The molecule has 0 aromatic heterocycles. The first-order valence-electron chi connectivity index (χ1n) is 5.18. The van der Waals surface area contributed by atoms with Crippen LogP contribution in [0.4, 0.5) is 0 Å². The summed E-state index contributed by atoms with van der Waals surface area (Å²) in [4.78, 5) is 13.1. The fraction of sp³-hybridized carbons (Fsp3) is 0.417. The Morgan fingerprint density at radius 3 is 2.62 bits per heavy atom. The van der Waals surface area contributed by atoms with E-state index in [1.54, 1.807) is 12.1 Å². The van der Waals surface area contributed by atoms with Crippen LogP contribution in [0.3, 0.4) is 0 Å². The minimum absolute atomic E-state index is 0.429. The lowest BCUT2D eigenvalue weighted by Gasteiger charge is -2.12. The molecule has 16 heavy (non-hydrogen) atoms. The van der Waals surface area contributed by atoms with Crippen LogP contribution in [0.5, 0.6) is 5.75 Å². The number of ether oxygens (including phenoxy) is 1. The highest BCUT2D eigenvalue weighted by Crippen LogP contribution is 2.16. The van der Waals surface area contributed by atoms with Gasteiger partial charge in [-0.3, -0.25) is 4.79 Å². The van der Waals surface area contributed by atoms with E-state index in [2.05, 4.69) is 0 Å². The summed E-state index contributed by atoms with van der Waals surface area (Å²) < 4.78 is 5.54. The molecule has 0 atom stereocenters. The molecule has 2 N–H and O–H groups in total. The molecule has 0 aliphatic heterocycles. The number of carbonyl (C=O) groups excluding carboxylic acids is 1. The van der Waals surface area contributed by atoms with E-state index in [1.807, 2.05) is 32.0 Å². The number of likely N-dealkylation sites (N-methyl/N-ethyl adjacent to an activating group) is 1. The van der Waals surface area contributed by atoms with Crippen molar-refractivity contribution in [3.8, 4) is 5.75 Å². The Balaban J connectivity index is 2.69. The average molecular weight is 222 g/mol. The molecule has 0 bridgehead atoms. The summed E-state index contributed by atoms with van der Waals surface area (Å²) in [5, 5.41) is 0. The maximum absolute atomic E-state index is 11.0. The molecule has 1 aromatic rings. The third-order valence-corrected chi connectivity index (χ3v) is 2.14. The Kier molecular flexibility index (Phi) is 4.31. The minimum atomic E-state index is -0.429. The molecule has 4 nitrogen and oxygen atoms in total. The van der Waals surface area contributed by atoms with Gasteiger partial charge in [-0.2, -0.15) is 0 Å². The normalized spacial score (nSPS) is 10.5. The molecular formula is C12H18N2O2. The number of hydrogen-bond acceptors (Lipinski definition) is 3. The van der Waals surface area contributed by atoms with Crippen LogP contribution in [0, 0.1) is 6.92 Å². The molecule has 1 aromatic carbocycles. The molecular weight excluding hydrogens is 204 g/mol. The van der Waals surface area contributed by atoms with E-state index >= 15 is 0 Å². The Hall–Kier alpha value is -1.55. The van der Waals surface area contributed by atoms with Crippen molar-refractivity contribution < 1.29 is 9.53 Å². The van der Waals surface area contributed by atoms with Gasteiger partial charge >= 0.3 is 0 Å². The van der Waals surface area contributed by atoms with E-state index in [0.29, 0.717) is 17.9 Å². The van der Waals surface area contributed by atoms with Crippen LogP contribution in [0.1, 0.15) is 15.9 Å². The van der Waals surface area contributed by atoms with Crippen molar-refractivity contribution in [3.63, 3.8) is 0 Å². The molecule has 4 heteroatoms. The highest BCUT2D eigenvalue weighted by molar-refractivity contribution is 5.93. The number of carbonyl (C=O) groups is 1. The maximum atomic E-state index is 11.0. The second kappa shape index (κ2) is 5.51. The lowest BCUT2D eigenvalue weighted by atomic mass is 10.1. The Morgan fingerprint density at radius 2 is 2.06 bits per heavy atom. The molecule has 0 radical (unpaired) electrons. The zero-order valence-electron chi connectivity index (χ0n) is 9.99. The first-order chi connectivity index (χ1) is 7.49. The Morgan fingerprint density at radius 1 is 1.38 bits per heavy atom. The topological polar surface area (TPSA) is 55.6 Å². The third kappa shape index (κ3) is 3.90. The molecule has 0 fully saturated rings. The van der Waals surface area contributed by atoms with Gasteiger partial charge in [0.1, 0.15) is 12.4 Å². The SMILES string of the molecule is Cc1cc(OCCN(C)C)cc(C(N)=O)c1. The van der Waals surface area contributed by atoms with Gasteiger partial charge in [-0.15, -0.1) is 0 Å². The van der Waals surface area contributed by atoms with Crippen molar-refractivity contribution in [3.05, 3.63) is 29.3 Å². The van der Waals surface area contributed by atoms with Crippen molar-refractivity contribution in [2.45, 2.75) is 6.92 Å². The maximum Gasteiger partial charge on any atom is 0.248 e. The molecule has 88 valence electrons. The molecule has 0 aliphatic carbocycles. The van der Waals surface area contributed by atoms with Gasteiger partial charge in [0.15, 0.2) is 0 Å². The minimum Gasteiger partial charge on any atom is -0.492 e. The number of amides is 1. The Labute approximate surface area is 96.0 Å². The second-order valence-corrected chi connectivity index (χ2v) is 4.05. The van der Waals surface area contributed by atoms with E-state index < -0.39 is 5.91 Å². The van der Waals surface area contributed by atoms with Crippen LogP contribution in [-0.4, -0.2) is 38.1 Å². The van der Waals surface area contributed by atoms with Gasteiger partial charge < -0.3 is 15.4 Å². The van der Waals surface area contributed by atoms with Crippen LogP contribution in [-0.2, 0) is 0 Å². The highest BCUT2D eigenvalue weighted by atomic mass is 16.5. The highest BCUT2D eigenvalue weighted by Gasteiger charge is 2.04. The summed E-state index contributed by atoms with van der Waals surface area (Å²) in [7, 11) is 3.96. The lowest BCUT2D eigenvalue weighted by Crippen LogP contribution is -2.19. The molecule has 0 spiro atoms. The molecule has 1 rings (SSSR count). The third-order valence-electron chi connectivity index (χ3n) is 2.14. The largest absolute Gasteiger partial charge is 0.492 e. The van der Waals surface area contributed by atoms with E-state index in [-0.39, 0.29) is 0 Å². The molecule has 0 saturated heterocycles. The smallest absolute Gasteiger partial charge is 0.248 e. The van der Waals surface area contributed by atoms with Crippen molar-refractivity contribution in [1.82, 2.24) is 4.90 Å². The Bertz CT molecular complexity index is 375. The van der Waals surface area contributed by atoms with Crippen molar-refractivity contribution in [2.75, 3.05) is 27.2 Å². The quantitative estimate of drug-likeness (QED) is 0.809. The van der Waals surface area contributed by atoms with Gasteiger partial charge in [-0.05, 0) is 44.8 Å². The van der Waals surface area contributed by atoms with E-state index in [1.165, 1.54) is 0 Å².